The molecule has 1 heterocycles. The van der Waals surface area contributed by atoms with Gasteiger partial charge in [0, 0.05) is 5.46 Å². The summed E-state index contributed by atoms with van der Waals surface area (Å²) in [5.41, 5.74) is 1.79. The molecule has 0 saturated carbocycles. The Labute approximate surface area is 77.4 Å². The highest BCUT2D eigenvalue weighted by atomic mass is 16.5. The van der Waals surface area contributed by atoms with Crippen molar-refractivity contribution in [3.8, 4) is 5.75 Å². The molecule has 0 atom stereocenters. The van der Waals surface area contributed by atoms with Crippen LogP contribution in [0.2, 0.25) is 0 Å². The average Bonchev–Trinajstić information content (AvgIpc) is 2.50. The summed E-state index contributed by atoms with van der Waals surface area (Å²) in [6.07, 6.45) is 0. The first-order chi connectivity index (χ1) is 6.33. The second kappa shape index (κ2) is 3.40. The van der Waals surface area contributed by atoms with Crippen molar-refractivity contribution in [1.29, 1.82) is 0 Å². The molecule has 0 amide bonds. The lowest BCUT2D eigenvalue weighted by Gasteiger charge is -2.07. The van der Waals surface area contributed by atoms with E-state index in [9.17, 15) is 5.02 Å². The number of ether oxygens (including phenoxy) is 1. The lowest BCUT2D eigenvalue weighted by Crippen LogP contribution is -2.29. The molecule has 0 unspecified atom stereocenters. The van der Waals surface area contributed by atoms with Crippen molar-refractivity contribution in [3.63, 3.8) is 0 Å². The fourth-order valence-electron chi connectivity index (χ4n) is 1.53. The van der Waals surface area contributed by atoms with Gasteiger partial charge in [-0.15, -0.1) is 0 Å². The van der Waals surface area contributed by atoms with E-state index in [4.69, 9.17) is 9.39 Å². The van der Waals surface area contributed by atoms with Crippen LogP contribution >= 0.6 is 0 Å². The first-order valence-electron chi connectivity index (χ1n) is 4.37. The van der Waals surface area contributed by atoms with Gasteiger partial charge in [0.1, 0.15) is 5.75 Å². The van der Waals surface area contributed by atoms with Gasteiger partial charge in [-0.25, -0.2) is 0 Å². The maximum atomic E-state index is 9.49. The lowest BCUT2D eigenvalue weighted by atomic mass is 9.79. The van der Waals surface area contributed by atoms with Gasteiger partial charge in [0.05, 0.1) is 13.2 Å². The first kappa shape index (κ1) is 8.60. The summed E-state index contributed by atoms with van der Waals surface area (Å²) in [5.74, 6) is 0.727. The van der Waals surface area contributed by atoms with E-state index in [1.807, 2.05) is 25.1 Å². The molecule has 1 aliphatic rings. The molecule has 4 heteroatoms. The Hall–Kier alpha value is -0.995. The van der Waals surface area contributed by atoms with Crippen LogP contribution < -0.4 is 10.2 Å². The van der Waals surface area contributed by atoms with E-state index in [-0.39, 0.29) is 0 Å². The fraction of sp³-hybridized carbons (Fsp3) is 0.333. The van der Waals surface area contributed by atoms with Crippen LogP contribution in [0.15, 0.2) is 18.2 Å². The van der Waals surface area contributed by atoms with E-state index >= 15 is 0 Å². The van der Waals surface area contributed by atoms with Crippen molar-refractivity contribution >= 4 is 12.6 Å². The van der Waals surface area contributed by atoms with E-state index in [1.165, 1.54) is 0 Å². The van der Waals surface area contributed by atoms with Crippen molar-refractivity contribution < 1.29 is 14.4 Å². The van der Waals surface area contributed by atoms with Crippen LogP contribution in [-0.4, -0.2) is 18.7 Å². The minimum absolute atomic E-state index is 0.470. The summed E-state index contributed by atoms with van der Waals surface area (Å²) in [5, 5.41) is 9.49. The third kappa shape index (κ3) is 1.43. The van der Waals surface area contributed by atoms with Gasteiger partial charge < -0.3 is 14.4 Å². The zero-order chi connectivity index (χ0) is 9.26. The predicted molar refractivity (Wildman–Crippen MR) is 50.0 cm³/mol. The number of rotatable bonds is 2. The molecule has 1 aromatic rings. The standard InChI is InChI=1S/C9H11BO3/c1-2-12-8-5-3-4-7-6-13-10(11)9(7)8/h3-5,11H,2,6H2,1H3. The number of hydrogen-bond donors (Lipinski definition) is 1. The van der Waals surface area contributed by atoms with Crippen molar-refractivity contribution in [3.05, 3.63) is 23.8 Å². The zero-order valence-corrected chi connectivity index (χ0v) is 7.49. The Morgan fingerprint density at radius 3 is 3.23 bits per heavy atom. The van der Waals surface area contributed by atoms with E-state index < -0.39 is 7.12 Å². The van der Waals surface area contributed by atoms with Crippen LogP contribution in [-0.2, 0) is 11.3 Å². The molecule has 0 radical (unpaired) electrons. The third-order valence-corrected chi connectivity index (χ3v) is 2.10. The van der Waals surface area contributed by atoms with E-state index in [0.717, 1.165) is 16.8 Å². The minimum atomic E-state index is -0.822. The second-order valence-electron chi connectivity index (χ2n) is 2.93. The van der Waals surface area contributed by atoms with Gasteiger partial charge in [-0.3, -0.25) is 0 Å². The summed E-state index contributed by atoms with van der Waals surface area (Å²) in [7, 11) is -0.822. The van der Waals surface area contributed by atoms with Gasteiger partial charge >= 0.3 is 7.12 Å². The van der Waals surface area contributed by atoms with Crippen LogP contribution in [0, 0.1) is 0 Å². The molecule has 3 nitrogen and oxygen atoms in total. The summed E-state index contributed by atoms with van der Waals surface area (Å²) in [6.45, 7) is 2.99. The Morgan fingerprint density at radius 1 is 1.62 bits per heavy atom. The number of hydrogen-bond acceptors (Lipinski definition) is 3. The molecule has 2 rings (SSSR count). The van der Waals surface area contributed by atoms with Crippen molar-refractivity contribution in [2.75, 3.05) is 6.61 Å². The third-order valence-electron chi connectivity index (χ3n) is 2.10. The molecule has 1 aromatic carbocycles. The molecule has 0 aromatic heterocycles. The van der Waals surface area contributed by atoms with Crippen LogP contribution in [0.1, 0.15) is 12.5 Å². The van der Waals surface area contributed by atoms with E-state index in [0.29, 0.717) is 13.2 Å². The van der Waals surface area contributed by atoms with Crippen molar-refractivity contribution in [2.45, 2.75) is 13.5 Å². The Bertz CT molecular complexity index is 314. The molecule has 0 bridgehead atoms. The highest BCUT2D eigenvalue weighted by Crippen LogP contribution is 2.17. The SMILES string of the molecule is CCOc1cccc2c1B(O)OC2. The summed E-state index contributed by atoms with van der Waals surface area (Å²) in [4.78, 5) is 0. The number of benzene rings is 1. The first-order valence-corrected chi connectivity index (χ1v) is 4.37. The lowest BCUT2D eigenvalue weighted by molar-refractivity contribution is 0.275. The second-order valence-corrected chi connectivity index (χ2v) is 2.93. The quantitative estimate of drug-likeness (QED) is 0.662. The van der Waals surface area contributed by atoms with Gasteiger partial charge in [-0.2, -0.15) is 0 Å². The van der Waals surface area contributed by atoms with Crippen molar-refractivity contribution in [1.82, 2.24) is 0 Å². The summed E-state index contributed by atoms with van der Waals surface area (Å²) in [6, 6.07) is 5.69. The average molecular weight is 178 g/mol. The maximum absolute atomic E-state index is 9.49. The van der Waals surface area contributed by atoms with E-state index in [2.05, 4.69) is 0 Å². The van der Waals surface area contributed by atoms with Gasteiger partial charge in [0.25, 0.3) is 0 Å². The zero-order valence-electron chi connectivity index (χ0n) is 7.49. The molecule has 1 N–H and O–H groups in total. The Morgan fingerprint density at radius 2 is 2.46 bits per heavy atom. The molecule has 68 valence electrons. The van der Waals surface area contributed by atoms with Crippen LogP contribution in [0.3, 0.4) is 0 Å². The van der Waals surface area contributed by atoms with Crippen molar-refractivity contribution in [2.24, 2.45) is 0 Å². The molecule has 0 aliphatic carbocycles. The highest BCUT2D eigenvalue weighted by Gasteiger charge is 2.30. The molecule has 1 aliphatic heterocycles. The van der Waals surface area contributed by atoms with Gasteiger partial charge in [0.2, 0.25) is 0 Å². The van der Waals surface area contributed by atoms with Gasteiger partial charge in [-0.05, 0) is 18.6 Å². The van der Waals surface area contributed by atoms with E-state index in [1.54, 1.807) is 0 Å². The molecule has 0 fully saturated rings. The highest BCUT2D eigenvalue weighted by molar-refractivity contribution is 6.62. The van der Waals surface area contributed by atoms with Crippen LogP contribution in [0.25, 0.3) is 0 Å². The minimum Gasteiger partial charge on any atom is -0.494 e. The van der Waals surface area contributed by atoms with Crippen LogP contribution in [0.4, 0.5) is 0 Å². The fourth-order valence-corrected chi connectivity index (χ4v) is 1.53. The van der Waals surface area contributed by atoms with Gasteiger partial charge in [0.15, 0.2) is 0 Å². The maximum Gasteiger partial charge on any atom is 0.495 e. The predicted octanol–water partition coefficient (Wildman–Crippen LogP) is 0.303. The molecular formula is C9H11BO3. The summed E-state index contributed by atoms with van der Waals surface area (Å²) >= 11 is 0. The molecule has 0 spiro atoms. The normalized spacial score (nSPS) is 14.5. The van der Waals surface area contributed by atoms with Gasteiger partial charge in [-0.1, -0.05) is 12.1 Å². The van der Waals surface area contributed by atoms with Crippen LogP contribution in [0.5, 0.6) is 5.75 Å². The molecular weight excluding hydrogens is 167 g/mol. The topological polar surface area (TPSA) is 38.7 Å². The Balaban J connectivity index is 2.41. The monoisotopic (exact) mass is 178 g/mol. The smallest absolute Gasteiger partial charge is 0.494 e. The molecule has 13 heavy (non-hydrogen) atoms. The Kier molecular flexibility index (Phi) is 2.25. The summed E-state index contributed by atoms with van der Waals surface area (Å²) < 4.78 is 10.5. The molecule has 0 saturated heterocycles. The largest absolute Gasteiger partial charge is 0.495 e. The number of fused-ring (bicyclic) bond motifs is 1.